The summed E-state index contributed by atoms with van der Waals surface area (Å²) in [7, 11) is 0. The van der Waals surface area contributed by atoms with Crippen LogP contribution in [0.15, 0.2) is 158 Å². The van der Waals surface area contributed by atoms with Crippen LogP contribution in [0, 0.1) is 0 Å². The third-order valence-electron chi connectivity index (χ3n) is 7.64. The number of thiophene rings is 1. The van der Waals surface area contributed by atoms with Gasteiger partial charge in [0.05, 0.1) is 0 Å². The van der Waals surface area contributed by atoms with E-state index in [2.05, 4.69) is 158 Å². The molecule has 0 N–H and O–H groups in total. The number of benzene rings is 6. The largest absolute Gasteiger partial charge is 0.135 e. The van der Waals surface area contributed by atoms with Crippen LogP contribution >= 0.6 is 23.4 Å². The van der Waals surface area contributed by atoms with Gasteiger partial charge in [0.1, 0.15) is 0 Å². The van der Waals surface area contributed by atoms with Crippen molar-refractivity contribution in [2.45, 2.75) is 0 Å². The minimum atomic E-state index is -2.25. The Labute approximate surface area is 255 Å². The van der Waals surface area contributed by atoms with Crippen LogP contribution in [0.4, 0.5) is 0 Å². The van der Waals surface area contributed by atoms with E-state index in [1.165, 1.54) is 52.0 Å². The van der Waals surface area contributed by atoms with Gasteiger partial charge in [-0.15, -0.1) is 11.3 Å². The van der Waals surface area contributed by atoms with Gasteiger partial charge in [0.25, 0.3) is 0 Å². The van der Waals surface area contributed by atoms with Crippen molar-refractivity contribution in [3.05, 3.63) is 158 Å². The molecule has 0 aliphatic carbocycles. The molecule has 7 aromatic rings. The van der Waals surface area contributed by atoms with Crippen molar-refractivity contribution in [1.29, 1.82) is 0 Å². The second-order valence-electron chi connectivity index (χ2n) is 10.0. The van der Waals surface area contributed by atoms with Crippen molar-refractivity contribution in [2.24, 2.45) is 0 Å². The standard InChI is InChI=1S/C36H26P2S3/c39-37(27-13-5-1-6-14-27,28-15-7-2-8-16-28)31-21-23-35-33(25-31)34-26-32(22-24-36(34)41-35)38(40,29-17-9-3-10-18-29)30-19-11-4-12-20-30/h1-26H. The summed E-state index contributed by atoms with van der Waals surface area (Å²) in [6.07, 6.45) is 0. The lowest BCUT2D eigenvalue weighted by molar-refractivity contribution is 1.75. The topological polar surface area (TPSA) is 0 Å². The molecule has 0 fully saturated rings. The molecule has 0 nitrogen and oxygen atoms in total. The van der Waals surface area contributed by atoms with Gasteiger partial charge in [0, 0.05) is 32.2 Å². The number of hydrogen-bond acceptors (Lipinski definition) is 3. The minimum Gasteiger partial charge on any atom is -0.135 e. The zero-order chi connectivity index (χ0) is 27.9. The summed E-state index contributed by atoms with van der Waals surface area (Å²) in [6, 6.07) is 51.9. The predicted octanol–water partition coefficient (Wildman–Crippen LogP) is 7.57. The molecule has 0 atom stereocenters. The SMILES string of the molecule is S=P(c1ccccc1)(c1ccccc1)c1ccc2sc3ccc(P(=S)(c4ccccc4)c4ccccc4)cc3c2c1. The maximum atomic E-state index is 6.68. The monoisotopic (exact) mass is 616 g/mol. The van der Waals surface area contributed by atoms with Crippen LogP contribution in [0.1, 0.15) is 0 Å². The van der Waals surface area contributed by atoms with E-state index in [4.69, 9.17) is 23.6 Å². The van der Waals surface area contributed by atoms with Crippen molar-refractivity contribution < 1.29 is 0 Å². The molecule has 0 radical (unpaired) electrons. The molecule has 0 saturated heterocycles. The van der Waals surface area contributed by atoms with Crippen molar-refractivity contribution in [1.82, 2.24) is 0 Å². The van der Waals surface area contributed by atoms with Crippen LogP contribution in [0.25, 0.3) is 20.2 Å². The second kappa shape index (κ2) is 10.9. The average Bonchev–Trinajstić information content (AvgIpc) is 3.43. The Bertz CT molecular complexity index is 1850. The zero-order valence-corrected chi connectivity index (χ0v) is 26.4. The van der Waals surface area contributed by atoms with Gasteiger partial charge >= 0.3 is 0 Å². The van der Waals surface area contributed by atoms with E-state index >= 15 is 0 Å². The van der Waals surface area contributed by atoms with Crippen LogP contribution < -0.4 is 31.8 Å². The van der Waals surface area contributed by atoms with Crippen molar-refractivity contribution in [3.63, 3.8) is 0 Å². The fourth-order valence-corrected chi connectivity index (χ4v) is 14.1. The van der Waals surface area contributed by atoms with E-state index < -0.39 is 12.1 Å². The lowest BCUT2D eigenvalue weighted by atomic mass is 10.1. The molecular formula is C36H26P2S3. The summed E-state index contributed by atoms with van der Waals surface area (Å²) in [5, 5.41) is 9.80. The van der Waals surface area contributed by atoms with Gasteiger partial charge in [-0.05, 0) is 56.1 Å². The molecule has 0 unspecified atom stereocenters. The van der Waals surface area contributed by atoms with Crippen LogP contribution in [-0.2, 0) is 23.6 Å². The molecule has 41 heavy (non-hydrogen) atoms. The molecule has 0 aliphatic heterocycles. The maximum Gasteiger partial charge on any atom is 0.0379 e. The van der Waals surface area contributed by atoms with E-state index in [9.17, 15) is 0 Å². The van der Waals surface area contributed by atoms with Gasteiger partial charge in [0.15, 0.2) is 0 Å². The number of rotatable bonds is 6. The van der Waals surface area contributed by atoms with Crippen LogP contribution in [-0.4, -0.2) is 0 Å². The van der Waals surface area contributed by atoms with Gasteiger partial charge in [-0.25, -0.2) is 0 Å². The number of fused-ring (bicyclic) bond motifs is 3. The smallest absolute Gasteiger partial charge is 0.0379 e. The van der Waals surface area contributed by atoms with Gasteiger partial charge in [-0.3, -0.25) is 0 Å². The first-order valence-electron chi connectivity index (χ1n) is 13.5. The quantitative estimate of drug-likeness (QED) is 0.177. The van der Waals surface area contributed by atoms with Crippen molar-refractivity contribution in [2.75, 3.05) is 0 Å². The van der Waals surface area contributed by atoms with Gasteiger partial charge in [0.2, 0.25) is 0 Å². The Morgan fingerprint density at radius 3 is 0.927 bits per heavy atom. The highest BCUT2D eigenvalue weighted by Crippen LogP contribution is 2.47. The summed E-state index contributed by atoms with van der Waals surface area (Å²) in [5.41, 5.74) is 0. The zero-order valence-electron chi connectivity index (χ0n) is 22.1. The summed E-state index contributed by atoms with van der Waals surface area (Å²) < 4.78 is 2.55. The van der Waals surface area contributed by atoms with Crippen LogP contribution in [0.5, 0.6) is 0 Å². The maximum absolute atomic E-state index is 6.68. The first kappa shape index (κ1) is 26.7. The van der Waals surface area contributed by atoms with E-state index in [-0.39, 0.29) is 0 Å². The molecule has 198 valence electrons. The highest BCUT2D eigenvalue weighted by atomic mass is 32.4. The Hall–Kier alpha value is -3.16. The molecule has 1 heterocycles. The van der Waals surface area contributed by atoms with Crippen molar-refractivity contribution >= 4 is 99.0 Å². The Balaban J connectivity index is 1.47. The van der Waals surface area contributed by atoms with E-state index in [1.807, 2.05) is 11.3 Å². The summed E-state index contributed by atoms with van der Waals surface area (Å²) in [5.74, 6) is 0. The molecule has 0 spiro atoms. The summed E-state index contributed by atoms with van der Waals surface area (Å²) in [6.45, 7) is 0. The molecule has 0 aliphatic rings. The van der Waals surface area contributed by atoms with Crippen LogP contribution in [0.3, 0.4) is 0 Å². The average molecular weight is 617 g/mol. The Morgan fingerprint density at radius 1 is 0.341 bits per heavy atom. The van der Waals surface area contributed by atoms with Gasteiger partial charge in [-0.1, -0.05) is 157 Å². The van der Waals surface area contributed by atoms with E-state index in [0.29, 0.717) is 0 Å². The summed E-state index contributed by atoms with van der Waals surface area (Å²) in [4.78, 5) is 0. The Kier molecular flexibility index (Phi) is 7.11. The lowest BCUT2D eigenvalue weighted by Crippen LogP contribution is -2.25. The molecule has 6 aromatic carbocycles. The molecule has 0 saturated carbocycles. The van der Waals surface area contributed by atoms with E-state index in [1.54, 1.807) is 0 Å². The molecule has 1 aromatic heterocycles. The lowest BCUT2D eigenvalue weighted by Gasteiger charge is -2.24. The fourth-order valence-electron chi connectivity index (χ4n) is 5.59. The first-order chi connectivity index (χ1) is 20.1. The predicted molar refractivity (Wildman–Crippen MR) is 191 cm³/mol. The molecular weight excluding hydrogens is 591 g/mol. The van der Waals surface area contributed by atoms with Crippen molar-refractivity contribution in [3.8, 4) is 0 Å². The molecule has 0 bridgehead atoms. The van der Waals surface area contributed by atoms with E-state index in [0.717, 1.165) is 0 Å². The third kappa shape index (κ3) is 4.58. The normalized spacial score (nSPS) is 12.1. The molecule has 5 heteroatoms. The first-order valence-corrected chi connectivity index (χ1v) is 19.9. The van der Waals surface area contributed by atoms with Gasteiger partial charge in [-0.2, -0.15) is 0 Å². The minimum absolute atomic E-state index is 1.21. The second-order valence-corrected chi connectivity index (χ2v) is 19.9. The van der Waals surface area contributed by atoms with Crippen LogP contribution in [0.2, 0.25) is 0 Å². The molecule has 7 rings (SSSR count). The highest BCUT2D eigenvalue weighted by Gasteiger charge is 2.27. The summed E-state index contributed by atoms with van der Waals surface area (Å²) >= 11 is 15.2. The Morgan fingerprint density at radius 2 is 0.634 bits per heavy atom. The third-order valence-corrected chi connectivity index (χ3v) is 18.7. The fraction of sp³-hybridized carbons (Fsp3) is 0. The number of hydrogen-bond donors (Lipinski definition) is 0. The van der Waals surface area contributed by atoms with Gasteiger partial charge < -0.3 is 0 Å². The molecule has 0 amide bonds. The highest BCUT2D eigenvalue weighted by molar-refractivity contribution is 8.26.